The largest absolute Gasteiger partial charge is 0.405 e. The van der Waals surface area contributed by atoms with Crippen LogP contribution in [0.1, 0.15) is 46.5 Å². The summed E-state index contributed by atoms with van der Waals surface area (Å²) in [5.74, 6) is 0. The van der Waals surface area contributed by atoms with Crippen molar-refractivity contribution < 1.29 is 13.2 Å². The van der Waals surface area contributed by atoms with Crippen LogP contribution < -0.4 is 5.73 Å². The van der Waals surface area contributed by atoms with Crippen LogP contribution in [-0.4, -0.2) is 36.2 Å². The third-order valence-electron chi connectivity index (χ3n) is 2.82. The normalized spacial score (nSPS) is 16.2. The monoisotopic (exact) mass is 254 g/mol. The summed E-state index contributed by atoms with van der Waals surface area (Å²) in [4.78, 5) is 1.50. The molecule has 5 heteroatoms. The van der Waals surface area contributed by atoms with Crippen LogP contribution in [0.5, 0.6) is 0 Å². The zero-order chi connectivity index (χ0) is 13.5. The van der Waals surface area contributed by atoms with E-state index in [1.54, 1.807) is 0 Å². The first-order valence-electron chi connectivity index (χ1n) is 6.40. The third-order valence-corrected chi connectivity index (χ3v) is 2.82. The number of hydrogen-bond acceptors (Lipinski definition) is 2. The van der Waals surface area contributed by atoms with E-state index in [1.165, 1.54) is 11.8 Å². The smallest absolute Gasteiger partial charge is 0.326 e. The maximum absolute atomic E-state index is 13.0. The zero-order valence-electron chi connectivity index (χ0n) is 11.1. The maximum Gasteiger partial charge on any atom is 0.405 e. The molecule has 0 saturated carbocycles. The van der Waals surface area contributed by atoms with Gasteiger partial charge in [0.1, 0.15) is 6.04 Å². The predicted octanol–water partition coefficient (Wildman–Crippen LogP) is 3.17. The summed E-state index contributed by atoms with van der Waals surface area (Å²) in [6.45, 7) is 6.34. The molecule has 0 amide bonds. The van der Waals surface area contributed by atoms with Crippen molar-refractivity contribution in [1.29, 1.82) is 0 Å². The molecule has 0 aliphatic rings. The number of rotatable bonds is 8. The fourth-order valence-electron chi connectivity index (χ4n) is 1.95. The van der Waals surface area contributed by atoms with Crippen molar-refractivity contribution in [2.75, 3.05) is 13.1 Å². The highest BCUT2D eigenvalue weighted by Gasteiger charge is 2.45. The van der Waals surface area contributed by atoms with Gasteiger partial charge in [0.05, 0.1) is 0 Å². The zero-order valence-corrected chi connectivity index (χ0v) is 11.1. The van der Waals surface area contributed by atoms with Crippen molar-refractivity contribution >= 4 is 0 Å². The summed E-state index contributed by atoms with van der Waals surface area (Å²) < 4.78 is 38.9. The van der Waals surface area contributed by atoms with E-state index < -0.39 is 18.3 Å². The van der Waals surface area contributed by atoms with Crippen molar-refractivity contribution in [1.82, 2.24) is 4.90 Å². The Bertz CT molecular complexity index is 185. The van der Waals surface area contributed by atoms with E-state index in [4.69, 9.17) is 5.73 Å². The lowest BCUT2D eigenvalue weighted by molar-refractivity contribution is -0.188. The van der Waals surface area contributed by atoms with Gasteiger partial charge in [0.2, 0.25) is 0 Å². The molecule has 0 aromatic carbocycles. The summed E-state index contributed by atoms with van der Waals surface area (Å²) in [6.07, 6.45) is -0.889. The van der Waals surface area contributed by atoms with E-state index >= 15 is 0 Å². The standard InChI is InChI=1S/C12H25F3N2/c1-4-6-8-17(9-7-5-2)11(10(3)16)12(13,14)15/h10-11H,4-9,16H2,1-3H3. The molecule has 0 rings (SSSR count). The Morgan fingerprint density at radius 1 is 1.06 bits per heavy atom. The van der Waals surface area contributed by atoms with E-state index in [2.05, 4.69) is 0 Å². The highest BCUT2D eigenvalue weighted by Crippen LogP contribution is 2.27. The molecule has 0 aromatic rings. The second-order valence-corrected chi connectivity index (χ2v) is 4.59. The molecule has 0 aromatic heterocycles. The average molecular weight is 254 g/mol. The molecule has 2 N–H and O–H groups in total. The number of alkyl halides is 3. The number of nitrogens with zero attached hydrogens (tertiary/aromatic N) is 1. The van der Waals surface area contributed by atoms with Gasteiger partial charge in [-0.15, -0.1) is 0 Å². The Balaban J connectivity index is 4.67. The van der Waals surface area contributed by atoms with Crippen molar-refractivity contribution in [2.45, 2.75) is 64.7 Å². The van der Waals surface area contributed by atoms with Gasteiger partial charge in [-0.3, -0.25) is 4.90 Å². The minimum absolute atomic E-state index is 0.474. The summed E-state index contributed by atoms with van der Waals surface area (Å²) in [7, 11) is 0. The van der Waals surface area contributed by atoms with Gasteiger partial charge in [-0.1, -0.05) is 26.7 Å². The molecule has 0 fully saturated rings. The van der Waals surface area contributed by atoms with E-state index in [0.29, 0.717) is 13.1 Å². The predicted molar refractivity (Wildman–Crippen MR) is 64.9 cm³/mol. The van der Waals surface area contributed by atoms with Crippen LogP contribution in [0.25, 0.3) is 0 Å². The topological polar surface area (TPSA) is 29.3 Å². The Morgan fingerprint density at radius 3 is 1.71 bits per heavy atom. The van der Waals surface area contributed by atoms with E-state index in [0.717, 1.165) is 25.7 Å². The highest BCUT2D eigenvalue weighted by atomic mass is 19.4. The molecule has 0 aliphatic heterocycles. The third kappa shape index (κ3) is 6.27. The molecule has 17 heavy (non-hydrogen) atoms. The van der Waals surface area contributed by atoms with Crippen LogP contribution in [0.2, 0.25) is 0 Å². The Hall–Kier alpha value is -0.290. The number of nitrogens with two attached hydrogens (primary N) is 1. The molecule has 104 valence electrons. The molecule has 2 atom stereocenters. The van der Waals surface area contributed by atoms with Crippen molar-refractivity contribution in [2.24, 2.45) is 5.73 Å². The van der Waals surface area contributed by atoms with Crippen LogP contribution >= 0.6 is 0 Å². The van der Waals surface area contributed by atoms with Gasteiger partial charge in [0, 0.05) is 6.04 Å². The molecule has 0 radical (unpaired) electrons. The minimum Gasteiger partial charge on any atom is -0.326 e. The SMILES string of the molecule is CCCCN(CCCC)C(C(C)N)C(F)(F)F. The van der Waals surface area contributed by atoms with Crippen LogP contribution in [0.3, 0.4) is 0 Å². The lowest BCUT2D eigenvalue weighted by Gasteiger charge is -2.35. The van der Waals surface area contributed by atoms with Gasteiger partial charge in [-0.2, -0.15) is 13.2 Å². The van der Waals surface area contributed by atoms with Crippen LogP contribution in [0, 0.1) is 0 Å². The van der Waals surface area contributed by atoms with Crippen LogP contribution in [-0.2, 0) is 0 Å². The van der Waals surface area contributed by atoms with Crippen molar-refractivity contribution in [3.8, 4) is 0 Å². The van der Waals surface area contributed by atoms with Gasteiger partial charge in [-0.05, 0) is 32.9 Å². The molecule has 0 spiro atoms. The summed E-state index contributed by atoms with van der Waals surface area (Å²) in [5.41, 5.74) is 5.51. The fourth-order valence-corrected chi connectivity index (χ4v) is 1.95. The number of halogens is 3. The molecule has 2 nitrogen and oxygen atoms in total. The molecule has 0 aliphatic carbocycles. The van der Waals surface area contributed by atoms with Crippen LogP contribution in [0.4, 0.5) is 13.2 Å². The molecule has 0 heterocycles. The lowest BCUT2D eigenvalue weighted by atomic mass is 10.1. The first-order valence-corrected chi connectivity index (χ1v) is 6.40. The van der Waals surface area contributed by atoms with Gasteiger partial charge in [0.15, 0.2) is 0 Å². The van der Waals surface area contributed by atoms with Crippen molar-refractivity contribution in [3.63, 3.8) is 0 Å². The minimum atomic E-state index is -4.24. The first kappa shape index (κ1) is 16.7. The fraction of sp³-hybridized carbons (Fsp3) is 1.00. The second-order valence-electron chi connectivity index (χ2n) is 4.59. The Kier molecular flexibility index (Phi) is 7.79. The summed E-state index contributed by atoms with van der Waals surface area (Å²) in [6, 6.07) is -2.40. The van der Waals surface area contributed by atoms with Gasteiger partial charge < -0.3 is 5.73 Å². The van der Waals surface area contributed by atoms with E-state index in [9.17, 15) is 13.2 Å². The quantitative estimate of drug-likeness (QED) is 0.721. The molecule has 0 bridgehead atoms. The Morgan fingerprint density at radius 2 is 1.47 bits per heavy atom. The molecule has 0 saturated heterocycles. The Labute approximate surface area is 102 Å². The number of unbranched alkanes of at least 4 members (excludes halogenated alkanes) is 2. The van der Waals surface area contributed by atoms with E-state index in [-0.39, 0.29) is 0 Å². The maximum atomic E-state index is 13.0. The second kappa shape index (κ2) is 7.93. The number of hydrogen-bond donors (Lipinski definition) is 1. The lowest BCUT2D eigenvalue weighted by Crippen LogP contribution is -2.55. The molecular weight excluding hydrogens is 229 g/mol. The highest BCUT2D eigenvalue weighted by molar-refractivity contribution is 4.85. The molecular formula is C12H25F3N2. The van der Waals surface area contributed by atoms with Crippen LogP contribution in [0.15, 0.2) is 0 Å². The van der Waals surface area contributed by atoms with E-state index in [1.807, 2.05) is 13.8 Å². The molecule has 2 unspecified atom stereocenters. The first-order chi connectivity index (χ1) is 7.84. The average Bonchev–Trinajstić information content (AvgIpc) is 2.19. The summed E-state index contributed by atoms with van der Waals surface area (Å²) >= 11 is 0. The summed E-state index contributed by atoms with van der Waals surface area (Å²) in [5, 5.41) is 0. The van der Waals surface area contributed by atoms with Crippen molar-refractivity contribution in [3.05, 3.63) is 0 Å². The van der Waals surface area contributed by atoms with Gasteiger partial charge >= 0.3 is 6.18 Å². The van der Waals surface area contributed by atoms with Gasteiger partial charge in [-0.25, -0.2) is 0 Å². The van der Waals surface area contributed by atoms with Gasteiger partial charge in [0.25, 0.3) is 0 Å².